The fourth-order valence-electron chi connectivity index (χ4n) is 3.31. The van der Waals surface area contributed by atoms with Crippen LogP contribution in [0, 0.1) is 12.8 Å². The Labute approximate surface area is 165 Å². The average molecular weight is 381 g/mol. The molecule has 1 heterocycles. The molecule has 1 saturated heterocycles. The van der Waals surface area contributed by atoms with Crippen molar-refractivity contribution in [3.8, 4) is 0 Å². The topological polar surface area (TPSA) is 90.5 Å². The van der Waals surface area contributed by atoms with Crippen LogP contribution in [0.3, 0.4) is 0 Å². The van der Waals surface area contributed by atoms with Crippen molar-refractivity contribution >= 4 is 11.8 Å². The summed E-state index contributed by atoms with van der Waals surface area (Å²) in [5.74, 6) is -0.351. The monoisotopic (exact) mass is 381 g/mol. The molecule has 2 aromatic rings. The van der Waals surface area contributed by atoms with Gasteiger partial charge in [-0.2, -0.15) is 0 Å². The number of rotatable bonds is 7. The van der Waals surface area contributed by atoms with E-state index in [4.69, 9.17) is 0 Å². The average Bonchev–Trinajstić information content (AvgIpc) is 3.12. The summed E-state index contributed by atoms with van der Waals surface area (Å²) < 4.78 is 0. The molecule has 1 aliphatic rings. The Kier molecular flexibility index (Phi) is 6.79. The fourth-order valence-corrected chi connectivity index (χ4v) is 3.31. The Bertz CT molecular complexity index is 792. The summed E-state index contributed by atoms with van der Waals surface area (Å²) in [5.41, 5.74) is 2.52. The number of hydrogen-bond acceptors (Lipinski definition) is 4. The predicted molar refractivity (Wildman–Crippen MR) is 108 cm³/mol. The summed E-state index contributed by atoms with van der Waals surface area (Å²) >= 11 is 0. The van der Waals surface area contributed by atoms with E-state index in [0.29, 0.717) is 25.2 Å². The largest absolute Gasteiger partial charge is 0.391 e. The smallest absolute Gasteiger partial charge is 0.251 e. The van der Waals surface area contributed by atoms with Crippen LogP contribution >= 0.6 is 0 Å². The highest BCUT2D eigenvalue weighted by Crippen LogP contribution is 2.18. The third-order valence-corrected chi connectivity index (χ3v) is 5.08. The van der Waals surface area contributed by atoms with Crippen LogP contribution in [-0.2, 0) is 4.79 Å². The molecule has 148 valence electrons. The first-order valence-corrected chi connectivity index (χ1v) is 9.61. The van der Waals surface area contributed by atoms with E-state index in [1.807, 2.05) is 49.4 Å². The maximum atomic E-state index is 12.6. The van der Waals surface area contributed by atoms with Crippen molar-refractivity contribution in [2.45, 2.75) is 25.5 Å². The van der Waals surface area contributed by atoms with Gasteiger partial charge in [-0.3, -0.25) is 9.59 Å². The van der Waals surface area contributed by atoms with Crippen molar-refractivity contribution in [1.82, 2.24) is 16.0 Å². The maximum absolute atomic E-state index is 12.6. The quantitative estimate of drug-likeness (QED) is 0.586. The number of nitrogens with one attached hydrogen (secondary N) is 3. The van der Waals surface area contributed by atoms with Gasteiger partial charge in [0.25, 0.3) is 5.91 Å². The molecule has 28 heavy (non-hydrogen) atoms. The Morgan fingerprint density at radius 3 is 2.46 bits per heavy atom. The predicted octanol–water partition coefficient (Wildman–Crippen LogP) is 1.55. The van der Waals surface area contributed by atoms with Gasteiger partial charge in [-0.05, 0) is 24.6 Å². The minimum atomic E-state index is -0.438. The Hall–Kier alpha value is -2.70. The summed E-state index contributed by atoms with van der Waals surface area (Å²) in [5, 5.41) is 18.8. The number of hydrogen-bond donors (Lipinski definition) is 4. The lowest BCUT2D eigenvalue weighted by atomic mass is 10.0. The molecule has 0 bridgehead atoms. The minimum absolute atomic E-state index is 0.0151. The first-order chi connectivity index (χ1) is 13.5. The summed E-state index contributed by atoms with van der Waals surface area (Å²) in [7, 11) is 0. The van der Waals surface area contributed by atoms with Crippen LogP contribution in [0.15, 0.2) is 54.6 Å². The second-order valence-electron chi connectivity index (χ2n) is 7.30. The first-order valence-electron chi connectivity index (χ1n) is 9.61. The zero-order valence-electron chi connectivity index (χ0n) is 16.0. The molecule has 1 aliphatic heterocycles. The lowest BCUT2D eigenvalue weighted by Gasteiger charge is -2.20. The number of aliphatic hydroxyl groups is 1. The van der Waals surface area contributed by atoms with Crippen molar-refractivity contribution in [1.29, 1.82) is 0 Å². The van der Waals surface area contributed by atoms with Gasteiger partial charge in [-0.25, -0.2) is 0 Å². The van der Waals surface area contributed by atoms with E-state index < -0.39 is 12.1 Å². The second kappa shape index (κ2) is 9.48. The van der Waals surface area contributed by atoms with Gasteiger partial charge in [0, 0.05) is 31.1 Å². The number of aliphatic hydroxyl groups excluding tert-OH is 1. The molecular formula is C22H27N3O3. The summed E-state index contributed by atoms with van der Waals surface area (Å²) in [6.07, 6.45) is -0.302. The van der Waals surface area contributed by atoms with Crippen molar-refractivity contribution in [3.05, 3.63) is 71.3 Å². The zero-order valence-corrected chi connectivity index (χ0v) is 16.0. The standard InChI is InChI=1S/C22H27N3O3/c1-15-7-9-17(10-8-15)22(28)25-19(16-5-3-2-4-6-16)11-21(27)24-13-18-12-23-14-20(18)26/h2-10,18-20,23,26H,11-14H2,1H3,(H,24,27)(H,25,28). The van der Waals surface area contributed by atoms with Gasteiger partial charge in [0.05, 0.1) is 18.6 Å². The van der Waals surface area contributed by atoms with Gasteiger partial charge < -0.3 is 21.1 Å². The second-order valence-corrected chi connectivity index (χ2v) is 7.30. The molecule has 2 aromatic carbocycles. The summed E-state index contributed by atoms with van der Waals surface area (Å²) in [4.78, 5) is 25.1. The van der Waals surface area contributed by atoms with E-state index in [9.17, 15) is 14.7 Å². The molecule has 3 rings (SSSR count). The fraction of sp³-hybridized carbons (Fsp3) is 0.364. The first kappa shape index (κ1) is 20.0. The number of carbonyl (C=O) groups excluding carboxylic acids is 2. The van der Waals surface area contributed by atoms with Gasteiger partial charge in [-0.15, -0.1) is 0 Å². The molecule has 6 nitrogen and oxygen atoms in total. The van der Waals surface area contributed by atoms with E-state index in [-0.39, 0.29) is 24.2 Å². The molecule has 4 N–H and O–H groups in total. The maximum Gasteiger partial charge on any atom is 0.251 e. The van der Waals surface area contributed by atoms with Crippen LogP contribution < -0.4 is 16.0 Å². The molecule has 3 atom stereocenters. The minimum Gasteiger partial charge on any atom is -0.391 e. The Morgan fingerprint density at radius 1 is 1.11 bits per heavy atom. The molecule has 1 fully saturated rings. The van der Waals surface area contributed by atoms with Crippen LogP contribution in [0.2, 0.25) is 0 Å². The number of β-amino-alcohol motifs (C(OH)–C–C–N with tert-alkyl or cyclic N) is 1. The number of amides is 2. The van der Waals surface area contributed by atoms with E-state index in [1.165, 1.54) is 0 Å². The van der Waals surface area contributed by atoms with Crippen molar-refractivity contribution in [2.24, 2.45) is 5.92 Å². The van der Waals surface area contributed by atoms with Crippen molar-refractivity contribution < 1.29 is 14.7 Å². The van der Waals surface area contributed by atoms with Crippen LogP contribution in [0.5, 0.6) is 0 Å². The van der Waals surface area contributed by atoms with Crippen LogP contribution in [-0.4, -0.2) is 42.7 Å². The van der Waals surface area contributed by atoms with E-state index in [1.54, 1.807) is 12.1 Å². The zero-order chi connectivity index (χ0) is 19.9. The Morgan fingerprint density at radius 2 is 1.82 bits per heavy atom. The van der Waals surface area contributed by atoms with E-state index >= 15 is 0 Å². The Balaban J connectivity index is 1.64. The highest BCUT2D eigenvalue weighted by Gasteiger charge is 2.26. The lowest BCUT2D eigenvalue weighted by Crippen LogP contribution is -2.37. The van der Waals surface area contributed by atoms with Gasteiger partial charge in [0.1, 0.15) is 0 Å². The van der Waals surface area contributed by atoms with E-state index in [0.717, 1.165) is 11.1 Å². The highest BCUT2D eigenvalue weighted by molar-refractivity contribution is 5.94. The molecule has 0 aliphatic carbocycles. The number of aryl methyl sites for hydroxylation is 1. The molecule has 0 aromatic heterocycles. The van der Waals surface area contributed by atoms with Crippen molar-refractivity contribution in [3.63, 3.8) is 0 Å². The van der Waals surface area contributed by atoms with Gasteiger partial charge in [0.2, 0.25) is 5.91 Å². The van der Waals surface area contributed by atoms with Crippen molar-refractivity contribution in [2.75, 3.05) is 19.6 Å². The number of benzene rings is 2. The summed E-state index contributed by atoms with van der Waals surface area (Å²) in [6.45, 7) is 3.63. The molecule has 3 unspecified atom stereocenters. The molecule has 6 heteroatoms. The lowest BCUT2D eigenvalue weighted by molar-refractivity contribution is -0.121. The number of carbonyl (C=O) groups is 2. The summed E-state index contributed by atoms with van der Waals surface area (Å²) in [6, 6.07) is 16.4. The molecular weight excluding hydrogens is 354 g/mol. The normalized spacial score (nSPS) is 19.8. The van der Waals surface area contributed by atoms with Gasteiger partial charge >= 0.3 is 0 Å². The molecule has 0 spiro atoms. The third kappa shape index (κ3) is 5.41. The highest BCUT2D eigenvalue weighted by atomic mass is 16.3. The van der Waals surface area contributed by atoms with E-state index in [2.05, 4.69) is 16.0 Å². The van der Waals surface area contributed by atoms with Crippen LogP contribution in [0.4, 0.5) is 0 Å². The third-order valence-electron chi connectivity index (χ3n) is 5.08. The van der Waals surface area contributed by atoms with Gasteiger partial charge in [-0.1, -0.05) is 48.0 Å². The van der Waals surface area contributed by atoms with Gasteiger partial charge in [0.15, 0.2) is 0 Å². The molecule has 2 amide bonds. The van der Waals surface area contributed by atoms with Crippen LogP contribution in [0.1, 0.15) is 33.9 Å². The SMILES string of the molecule is Cc1ccc(C(=O)NC(CC(=O)NCC2CNCC2O)c2ccccc2)cc1. The van der Waals surface area contributed by atoms with Crippen LogP contribution in [0.25, 0.3) is 0 Å². The molecule has 0 saturated carbocycles. The molecule has 0 radical (unpaired) electrons.